The Labute approximate surface area is 210 Å². The Morgan fingerprint density at radius 1 is 0.969 bits per heavy atom. The van der Waals surface area contributed by atoms with Gasteiger partial charge in [0.1, 0.15) is 11.5 Å². The van der Waals surface area contributed by atoms with Gasteiger partial charge in [0.25, 0.3) is 5.91 Å². The standard InChI is InChI=1S/C23H17Br3N2O4/c1-14-10-19(25)22(20(26)11-14)31-13-21(29)28-27-12-15-2-8-18(9-3-15)32-23(30)16-4-6-17(24)7-5-16/h2-12H,13H2,1H3,(H,28,29)/b27-12-. The fourth-order valence-electron chi connectivity index (χ4n) is 2.55. The molecule has 0 radical (unpaired) electrons. The quantitative estimate of drug-likeness (QED) is 0.151. The predicted molar refractivity (Wildman–Crippen MR) is 133 cm³/mol. The van der Waals surface area contributed by atoms with E-state index in [-0.39, 0.29) is 6.61 Å². The number of hydrazone groups is 1. The first kappa shape index (κ1) is 24.2. The van der Waals surface area contributed by atoms with Gasteiger partial charge in [-0.1, -0.05) is 15.9 Å². The molecule has 0 heterocycles. The SMILES string of the molecule is Cc1cc(Br)c(OCC(=O)N/N=C\c2ccc(OC(=O)c3ccc(Br)cc3)cc2)c(Br)c1. The Morgan fingerprint density at radius 3 is 2.22 bits per heavy atom. The van der Waals surface area contributed by atoms with Crippen LogP contribution in [0.25, 0.3) is 0 Å². The fraction of sp³-hybridized carbons (Fsp3) is 0.0870. The van der Waals surface area contributed by atoms with Gasteiger partial charge in [-0.05, 0) is 111 Å². The van der Waals surface area contributed by atoms with Crippen LogP contribution < -0.4 is 14.9 Å². The highest BCUT2D eigenvalue weighted by Crippen LogP contribution is 2.34. The first-order valence-corrected chi connectivity index (χ1v) is 11.7. The lowest BCUT2D eigenvalue weighted by Crippen LogP contribution is -2.24. The van der Waals surface area contributed by atoms with Crippen molar-refractivity contribution in [2.45, 2.75) is 6.92 Å². The molecule has 0 aromatic heterocycles. The van der Waals surface area contributed by atoms with Crippen molar-refractivity contribution in [2.75, 3.05) is 6.61 Å². The lowest BCUT2D eigenvalue weighted by molar-refractivity contribution is -0.123. The predicted octanol–water partition coefficient (Wildman–Crippen LogP) is 6.03. The second kappa shape index (κ2) is 11.4. The summed E-state index contributed by atoms with van der Waals surface area (Å²) in [6, 6.07) is 17.4. The van der Waals surface area contributed by atoms with Gasteiger partial charge in [0.2, 0.25) is 0 Å². The van der Waals surface area contributed by atoms with Crippen LogP contribution in [-0.2, 0) is 4.79 Å². The van der Waals surface area contributed by atoms with Gasteiger partial charge >= 0.3 is 5.97 Å². The van der Waals surface area contributed by atoms with E-state index in [1.165, 1.54) is 6.21 Å². The highest BCUT2D eigenvalue weighted by Gasteiger charge is 2.10. The van der Waals surface area contributed by atoms with E-state index < -0.39 is 11.9 Å². The van der Waals surface area contributed by atoms with E-state index in [4.69, 9.17) is 9.47 Å². The second-order valence-corrected chi connectivity index (χ2v) is 9.23. The van der Waals surface area contributed by atoms with Crippen LogP contribution in [0.4, 0.5) is 0 Å². The zero-order valence-corrected chi connectivity index (χ0v) is 21.5. The van der Waals surface area contributed by atoms with Crippen molar-refractivity contribution < 1.29 is 19.1 Å². The van der Waals surface area contributed by atoms with Crippen molar-refractivity contribution in [3.8, 4) is 11.5 Å². The number of rotatable bonds is 7. The lowest BCUT2D eigenvalue weighted by Gasteiger charge is -2.10. The van der Waals surface area contributed by atoms with Crippen molar-refractivity contribution in [3.63, 3.8) is 0 Å². The maximum atomic E-state index is 12.2. The number of esters is 1. The first-order valence-electron chi connectivity index (χ1n) is 9.30. The number of amides is 1. The molecule has 6 nitrogen and oxygen atoms in total. The highest BCUT2D eigenvalue weighted by atomic mass is 79.9. The van der Waals surface area contributed by atoms with E-state index in [1.54, 1.807) is 48.5 Å². The van der Waals surface area contributed by atoms with Gasteiger partial charge in [0, 0.05) is 4.47 Å². The van der Waals surface area contributed by atoms with Crippen LogP contribution in [0.2, 0.25) is 0 Å². The minimum Gasteiger partial charge on any atom is -0.481 e. The molecular formula is C23H17Br3N2O4. The number of halogens is 3. The zero-order valence-electron chi connectivity index (χ0n) is 16.8. The second-order valence-electron chi connectivity index (χ2n) is 6.60. The molecule has 0 bridgehead atoms. The summed E-state index contributed by atoms with van der Waals surface area (Å²) in [6.07, 6.45) is 1.48. The molecular weight excluding hydrogens is 608 g/mol. The normalized spacial score (nSPS) is 10.8. The molecule has 1 amide bonds. The van der Waals surface area contributed by atoms with Crippen molar-refractivity contribution in [1.29, 1.82) is 0 Å². The van der Waals surface area contributed by atoms with Gasteiger partial charge in [-0.2, -0.15) is 5.10 Å². The molecule has 9 heteroatoms. The summed E-state index contributed by atoms with van der Waals surface area (Å²) >= 11 is 10.2. The van der Waals surface area contributed by atoms with Crippen molar-refractivity contribution in [1.82, 2.24) is 5.43 Å². The summed E-state index contributed by atoms with van der Waals surface area (Å²) < 4.78 is 13.3. The Balaban J connectivity index is 1.48. The minimum absolute atomic E-state index is 0.192. The number of benzene rings is 3. The van der Waals surface area contributed by atoms with Crippen molar-refractivity contribution in [3.05, 3.63) is 90.8 Å². The Kier molecular flexibility index (Phi) is 8.60. The van der Waals surface area contributed by atoms with Crippen LogP contribution in [0.5, 0.6) is 11.5 Å². The molecule has 3 aromatic rings. The van der Waals surface area contributed by atoms with Crippen LogP contribution in [0, 0.1) is 6.92 Å². The number of aryl methyl sites for hydroxylation is 1. The number of hydrogen-bond acceptors (Lipinski definition) is 5. The number of nitrogens with zero attached hydrogens (tertiary/aromatic N) is 1. The first-order chi connectivity index (χ1) is 15.3. The average Bonchev–Trinajstić information content (AvgIpc) is 2.74. The van der Waals surface area contributed by atoms with Crippen LogP contribution in [-0.4, -0.2) is 24.7 Å². The molecule has 3 rings (SSSR count). The summed E-state index contributed by atoms with van der Waals surface area (Å²) in [6.45, 7) is 1.77. The van der Waals surface area contributed by atoms with E-state index in [0.717, 1.165) is 24.5 Å². The zero-order chi connectivity index (χ0) is 23.1. The van der Waals surface area contributed by atoms with Gasteiger partial charge < -0.3 is 9.47 Å². The number of ether oxygens (including phenoxy) is 2. The Morgan fingerprint density at radius 2 is 1.59 bits per heavy atom. The molecule has 0 aliphatic rings. The maximum Gasteiger partial charge on any atom is 0.343 e. The van der Waals surface area contributed by atoms with Gasteiger partial charge in [0.05, 0.1) is 20.7 Å². The minimum atomic E-state index is -0.446. The molecule has 0 aliphatic heterocycles. The van der Waals surface area contributed by atoms with Gasteiger partial charge in [-0.15, -0.1) is 0 Å². The fourth-order valence-corrected chi connectivity index (χ4v) is 4.46. The molecule has 3 aromatic carbocycles. The van der Waals surface area contributed by atoms with E-state index in [1.807, 2.05) is 19.1 Å². The van der Waals surface area contributed by atoms with Gasteiger partial charge in [-0.25, -0.2) is 10.2 Å². The monoisotopic (exact) mass is 622 g/mol. The summed E-state index contributed by atoms with van der Waals surface area (Å²) in [5.74, 6) is 0.100. The van der Waals surface area contributed by atoms with E-state index in [0.29, 0.717) is 17.1 Å². The molecule has 0 spiro atoms. The molecule has 1 N–H and O–H groups in total. The van der Waals surface area contributed by atoms with Crippen LogP contribution in [0.1, 0.15) is 21.5 Å². The molecule has 0 saturated carbocycles. The van der Waals surface area contributed by atoms with E-state index >= 15 is 0 Å². The van der Waals surface area contributed by atoms with E-state index in [2.05, 4.69) is 58.3 Å². The van der Waals surface area contributed by atoms with E-state index in [9.17, 15) is 9.59 Å². The number of carbonyl (C=O) groups excluding carboxylic acids is 2. The number of carbonyl (C=O) groups is 2. The summed E-state index contributed by atoms with van der Waals surface area (Å²) in [7, 11) is 0. The third kappa shape index (κ3) is 7.01. The van der Waals surface area contributed by atoms with Crippen LogP contribution in [0.3, 0.4) is 0 Å². The maximum absolute atomic E-state index is 12.2. The van der Waals surface area contributed by atoms with Gasteiger partial charge in [-0.3, -0.25) is 4.79 Å². The highest BCUT2D eigenvalue weighted by molar-refractivity contribution is 9.11. The van der Waals surface area contributed by atoms with Crippen molar-refractivity contribution >= 4 is 65.9 Å². The molecule has 0 aliphatic carbocycles. The third-order valence-electron chi connectivity index (χ3n) is 4.06. The van der Waals surface area contributed by atoms with Crippen molar-refractivity contribution in [2.24, 2.45) is 5.10 Å². The topological polar surface area (TPSA) is 77.0 Å². The summed E-state index contributed by atoms with van der Waals surface area (Å²) in [4.78, 5) is 24.1. The third-order valence-corrected chi connectivity index (χ3v) is 5.77. The summed E-state index contributed by atoms with van der Waals surface area (Å²) in [5.41, 5.74) is 4.64. The van der Waals surface area contributed by atoms with Crippen LogP contribution in [0.15, 0.2) is 79.2 Å². The average molecular weight is 625 g/mol. The smallest absolute Gasteiger partial charge is 0.343 e. The molecule has 0 atom stereocenters. The lowest BCUT2D eigenvalue weighted by atomic mass is 10.2. The molecule has 0 fully saturated rings. The molecule has 32 heavy (non-hydrogen) atoms. The largest absolute Gasteiger partial charge is 0.481 e. The Hall–Kier alpha value is -2.49. The van der Waals surface area contributed by atoms with Gasteiger partial charge in [0.15, 0.2) is 6.61 Å². The molecule has 0 saturated heterocycles. The summed E-state index contributed by atoms with van der Waals surface area (Å²) in [5, 5.41) is 3.92. The van der Waals surface area contributed by atoms with Crippen LogP contribution >= 0.6 is 47.8 Å². The molecule has 164 valence electrons. The molecule has 0 unspecified atom stereocenters. The number of nitrogens with one attached hydrogen (secondary N) is 1. The number of hydrogen-bond donors (Lipinski definition) is 1. The Bertz CT molecular complexity index is 1120.